The number of carbonyl (C=O) groups excluding carboxylic acids is 2. The van der Waals surface area contributed by atoms with Gasteiger partial charge >= 0.3 is 0 Å². The molecule has 1 saturated heterocycles. The van der Waals surface area contributed by atoms with E-state index >= 15 is 0 Å². The average molecular weight is 460 g/mol. The van der Waals surface area contributed by atoms with Gasteiger partial charge in [-0.25, -0.2) is 8.42 Å². The predicted molar refractivity (Wildman–Crippen MR) is 125 cm³/mol. The standard InChI is InChI=1S/C23H29N3O5S/c1-3-31-19-11-9-10-18(16-19)26(32(2,29)30)17-22(27)24-21-13-6-5-12-20(21)23(28)25-14-7-4-8-15-25/h5-6,9-13,16H,3-4,7-8,14-15,17H2,1-2H3,(H,24,27). The highest BCUT2D eigenvalue weighted by Gasteiger charge is 2.24. The first-order valence-electron chi connectivity index (χ1n) is 10.7. The van der Waals surface area contributed by atoms with Crippen LogP contribution in [-0.2, 0) is 14.8 Å². The van der Waals surface area contributed by atoms with Crippen molar-refractivity contribution in [1.82, 2.24) is 4.90 Å². The van der Waals surface area contributed by atoms with E-state index in [9.17, 15) is 18.0 Å². The van der Waals surface area contributed by atoms with Gasteiger partial charge in [-0.2, -0.15) is 0 Å². The van der Waals surface area contributed by atoms with Crippen LogP contribution in [0.2, 0.25) is 0 Å². The summed E-state index contributed by atoms with van der Waals surface area (Å²) in [5, 5.41) is 2.72. The van der Waals surface area contributed by atoms with Gasteiger partial charge in [-0.3, -0.25) is 13.9 Å². The lowest BCUT2D eigenvalue weighted by Crippen LogP contribution is -2.38. The van der Waals surface area contributed by atoms with E-state index in [1.165, 1.54) is 0 Å². The molecule has 0 spiro atoms. The number of amides is 2. The van der Waals surface area contributed by atoms with E-state index in [0.717, 1.165) is 29.8 Å². The third-order valence-electron chi connectivity index (χ3n) is 5.18. The molecule has 0 atom stereocenters. The minimum atomic E-state index is -3.74. The zero-order chi connectivity index (χ0) is 23.1. The summed E-state index contributed by atoms with van der Waals surface area (Å²) in [6.07, 6.45) is 4.07. The summed E-state index contributed by atoms with van der Waals surface area (Å²) in [7, 11) is -3.74. The van der Waals surface area contributed by atoms with Crippen molar-refractivity contribution in [2.24, 2.45) is 0 Å². The summed E-state index contributed by atoms with van der Waals surface area (Å²) in [6, 6.07) is 13.4. The maximum absolute atomic E-state index is 13.0. The highest BCUT2D eigenvalue weighted by Crippen LogP contribution is 2.24. The number of benzene rings is 2. The lowest BCUT2D eigenvalue weighted by atomic mass is 10.1. The second-order valence-corrected chi connectivity index (χ2v) is 9.55. The molecular weight excluding hydrogens is 430 g/mol. The van der Waals surface area contributed by atoms with Gasteiger partial charge in [0.1, 0.15) is 12.3 Å². The van der Waals surface area contributed by atoms with Crippen LogP contribution in [0.15, 0.2) is 48.5 Å². The molecule has 172 valence electrons. The Morgan fingerprint density at radius 3 is 2.47 bits per heavy atom. The number of anilines is 2. The Bertz CT molecular complexity index is 1060. The molecule has 3 rings (SSSR count). The predicted octanol–water partition coefficient (Wildman–Crippen LogP) is 3.12. The van der Waals surface area contributed by atoms with Gasteiger partial charge in [0.15, 0.2) is 0 Å². The van der Waals surface area contributed by atoms with Gasteiger partial charge in [-0.05, 0) is 50.5 Å². The third-order valence-corrected chi connectivity index (χ3v) is 6.32. The largest absolute Gasteiger partial charge is 0.494 e. The molecule has 1 aliphatic heterocycles. The maximum Gasteiger partial charge on any atom is 0.255 e. The molecule has 2 amide bonds. The van der Waals surface area contributed by atoms with E-state index in [-0.39, 0.29) is 5.91 Å². The number of nitrogens with one attached hydrogen (secondary N) is 1. The minimum Gasteiger partial charge on any atom is -0.494 e. The topological polar surface area (TPSA) is 96.0 Å². The number of likely N-dealkylation sites (tertiary alicyclic amines) is 1. The first kappa shape index (κ1) is 23.6. The monoisotopic (exact) mass is 459 g/mol. The number of sulfonamides is 1. The fourth-order valence-corrected chi connectivity index (χ4v) is 4.51. The zero-order valence-corrected chi connectivity index (χ0v) is 19.2. The van der Waals surface area contributed by atoms with E-state index in [2.05, 4.69) is 5.32 Å². The second kappa shape index (κ2) is 10.5. The maximum atomic E-state index is 13.0. The molecule has 0 aromatic heterocycles. The molecule has 2 aromatic carbocycles. The molecule has 2 aromatic rings. The Labute approximate surface area is 189 Å². The van der Waals surface area contributed by atoms with E-state index in [4.69, 9.17) is 4.74 Å². The highest BCUT2D eigenvalue weighted by atomic mass is 32.2. The van der Waals surface area contributed by atoms with Crippen molar-refractivity contribution in [2.75, 3.05) is 42.1 Å². The number of hydrogen-bond acceptors (Lipinski definition) is 5. The van der Waals surface area contributed by atoms with Crippen molar-refractivity contribution in [1.29, 1.82) is 0 Å². The number of hydrogen-bond donors (Lipinski definition) is 1. The minimum absolute atomic E-state index is 0.134. The van der Waals surface area contributed by atoms with Gasteiger partial charge in [0, 0.05) is 19.2 Å². The van der Waals surface area contributed by atoms with Crippen LogP contribution in [0.5, 0.6) is 5.75 Å². The normalized spacial score (nSPS) is 14.0. The molecule has 1 heterocycles. The molecule has 0 bridgehead atoms. The summed E-state index contributed by atoms with van der Waals surface area (Å²) in [4.78, 5) is 27.6. The Kier molecular flexibility index (Phi) is 7.74. The van der Waals surface area contributed by atoms with E-state index in [1.807, 2.05) is 6.92 Å². The summed E-state index contributed by atoms with van der Waals surface area (Å²) < 4.78 is 31.3. The Hall–Kier alpha value is -3.07. The van der Waals surface area contributed by atoms with Crippen molar-refractivity contribution in [3.8, 4) is 5.75 Å². The van der Waals surface area contributed by atoms with Crippen LogP contribution >= 0.6 is 0 Å². The van der Waals surface area contributed by atoms with Gasteiger partial charge in [0.25, 0.3) is 5.91 Å². The van der Waals surface area contributed by atoms with E-state index in [0.29, 0.717) is 42.4 Å². The van der Waals surface area contributed by atoms with Gasteiger partial charge < -0.3 is 15.0 Å². The number of nitrogens with zero attached hydrogens (tertiary/aromatic N) is 2. The molecule has 1 fully saturated rings. The third kappa shape index (κ3) is 6.00. The smallest absolute Gasteiger partial charge is 0.255 e. The summed E-state index contributed by atoms with van der Waals surface area (Å²) >= 11 is 0. The molecule has 9 heteroatoms. The Morgan fingerprint density at radius 2 is 1.78 bits per heavy atom. The highest BCUT2D eigenvalue weighted by molar-refractivity contribution is 7.92. The van der Waals surface area contributed by atoms with Crippen molar-refractivity contribution in [2.45, 2.75) is 26.2 Å². The summed E-state index contributed by atoms with van der Waals surface area (Å²) in [5.41, 5.74) is 1.09. The molecule has 1 N–H and O–H groups in total. The van der Waals surface area contributed by atoms with Gasteiger partial charge in [0.2, 0.25) is 15.9 Å². The Morgan fingerprint density at radius 1 is 1.06 bits per heavy atom. The van der Waals surface area contributed by atoms with Crippen LogP contribution in [0.4, 0.5) is 11.4 Å². The van der Waals surface area contributed by atoms with Crippen LogP contribution in [0.1, 0.15) is 36.5 Å². The van der Waals surface area contributed by atoms with Gasteiger partial charge in [-0.15, -0.1) is 0 Å². The number of piperidine rings is 1. The first-order valence-corrected chi connectivity index (χ1v) is 12.5. The zero-order valence-electron chi connectivity index (χ0n) is 18.4. The van der Waals surface area contributed by atoms with Gasteiger partial charge in [-0.1, -0.05) is 18.2 Å². The first-order chi connectivity index (χ1) is 15.3. The molecule has 32 heavy (non-hydrogen) atoms. The molecule has 8 nitrogen and oxygen atoms in total. The SMILES string of the molecule is CCOc1cccc(N(CC(=O)Nc2ccccc2C(=O)N2CCCCC2)S(C)(=O)=O)c1. The molecule has 0 unspecified atom stereocenters. The molecular formula is C23H29N3O5S. The summed E-state index contributed by atoms with van der Waals surface area (Å²) in [5.74, 6) is -0.169. The van der Waals surface area contributed by atoms with Gasteiger partial charge in [0.05, 0.1) is 29.8 Å². The van der Waals surface area contributed by atoms with Crippen LogP contribution < -0.4 is 14.4 Å². The van der Waals surface area contributed by atoms with E-state index < -0.39 is 22.5 Å². The van der Waals surface area contributed by atoms with Crippen LogP contribution in [0, 0.1) is 0 Å². The lowest BCUT2D eigenvalue weighted by molar-refractivity contribution is -0.114. The van der Waals surface area contributed by atoms with Crippen LogP contribution in [-0.4, -0.2) is 57.6 Å². The fraction of sp³-hybridized carbons (Fsp3) is 0.391. The summed E-state index contributed by atoms with van der Waals surface area (Å²) in [6.45, 7) is 3.22. The molecule has 0 aliphatic carbocycles. The van der Waals surface area contributed by atoms with Crippen LogP contribution in [0.3, 0.4) is 0 Å². The number of para-hydroxylation sites is 1. The average Bonchev–Trinajstić information content (AvgIpc) is 2.78. The van der Waals surface area contributed by atoms with Crippen molar-refractivity contribution in [3.63, 3.8) is 0 Å². The molecule has 0 radical (unpaired) electrons. The van der Waals surface area contributed by atoms with Crippen molar-refractivity contribution >= 4 is 33.2 Å². The van der Waals surface area contributed by atoms with Crippen LogP contribution in [0.25, 0.3) is 0 Å². The van der Waals surface area contributed by atoms with Crippen molar-refractivity contribution in [3.05, 3.63) is 54.1 Å². The number of carbonyl (C=O) groups is 2. The number of rotatable bonds is 8. The lowest BCUT2D eigenvalue weighted by Gasteiger charge is -2.27. The number of ether oxygens (including phenoxy) is 1. The second-order valence-electron chi connectivity index (χ2n) is 7.65. The van der Waals surface area contributed by atoms with E-state index in [1.54, 1.807) is 53.4 Å². The molecule has 0 saturated carbocycles. The molecule has 1 aliphatic rings. The Balaban J connectivity index is 1.79. The quantitative estimate of drug-likeness (QED) is 0.654. The fourth-order valence-electron chi connectivity index (χ4n) is 3.66. The van der Waals surface area contributed by atoms with Crippen molar-refractivity contribution < 1.29 is 22.7 Å².